The standard InChI is InChI=1S/C17H34N6O.HI/c1-6-18-17(19-12-11-16-21-15(5)22-24-16)20-14(4)10-9-13-23(7-2)8-3;/h14H,6-13H2,1-5H3,(H2,18,19,20);1H. The molecule has 0 radical (unpaired) electrons. The van der Waals surface area contributed by atoms with E-state index in [0.29, 0.717) is 30.7 Å². The van der Waals surface area contributed by atoms with Gasteiger partial charge in [-0.15, -0.1) is 24.0 Å². The molecule has 0 bridgehead atoms. The van der Waals surface area contributed by atoms with Gasteiger partial charge < -0.3 is 20.1 Å². The molecule has 0 amide bonds. The molecule has 0 aliphatic heterocycles. The van der Waals surface area contributed by atoms with E-state index >= 15 is 0 Å². The Bertz CT molecular complexity index is 475. The van der Waals surface area contributed by atoms with Crippen LogP contribution in [0.4, 0.5) is 0 Å². The summed E-state index contributed by atoms with van der Waals surface area (Å²) in [5.41, 5.74) is 0. The Labute approximate surface area is 169 Å². The van der Waals surface area contributed by atoms with E-state index in [-0.39, 0.29) is 24.0 Å². The van der Waals surface area contributed by atoms with Crippen LogP contribution in [-0.2, 0) is 6.42 Å². The summed E-state index contributed by atoms with van der Waals surface area (Å²) in [7, 11) is 0. The fourth-order valence-corrected chi connectivity index (χ4v) is 2.49. The van der Waals surface area contributed by atoms with Crippen molar-refractivity contribution in [3.63, 3.8) is 0 Å². The first kappa shape index (κ1) is 24.1. The lowest BCUT2D eigenvalue weighted by Crippen LogP contribution is -2.42. The molecule has 0 aliphatic carbocycles. The first-order valence-corrected chi connectivity index (χ1v) is 9.15. The molecule has 1 unspecified atom stereocenters. The number of hydrogen-bond acceptors (Lipinski definition) is 5. The second kappa shape index (κ2) is 14.3. The molecule has 146 valence electrons. The Hall–Kier alpha value is -0.900. The number of rotatable bonds is 11. The van der Waals surface area contributed by atoms with Crippen molar-refractivity contribution in [3.8, 4) is 0 Å². The molecule has 7 nitrogen and oxygen atoms in total. The van der Waals surface area contributed by atoms with Crippen LogP contribution in [-0.4, -0.2) is 59.8 Å². The number of nitrogens with one attached hydrogen (secondary N) is 2. The number of aromatic nitrogens is 2. The SMILES string of the molecule is CCNC(=NCCc1nc(C)no1)NC(C)CCCN(CC)CC.I. The van der Waals surface area contributed by atoms with Crippen LogP contribution in [0.5, 0.6) is 0 Å². The summed E-state index contributed by atoms with van der Waals surface area (Å²) in [4.78, 5) is 11.2. The van der Waals surface area contributed by atoms with E-state index in [1.165, 1.54) is 6.42 Å². The van der Waals surface area contributed by atoms with Gasteiger partial charge in [0.1, 0.15) is 0 Å². The number of hydrogen-bond donors (Lipinski definition) is 2. The van der Waals surface area contributed by atoms with Gasteiger partial charge in [0, 0.05) is 19.0 Å². The zero-order valence-electron chi connectivity index (χ0n) is 16.3. The van der Waals surface area contributed by atoms with Crippen molar-refractivity contribution in [2.75, 3.05) is 32.7 Å². The highest BCUT2D eigenvalue weighted by molar-refractivity contribution is 14.0. The topological polar surface area (TPSA) is 78.6 Å². The molecule has 0 saturated carbocycles. The van der Waals surface area contributed by atoms with Gasteiger partial charge in [0.2, 0.25) is 5.89 Å². The van der Waals surface area contributed by atoms with Crippen LogP contribution < -0.4 is 10.6 Å². The van der Waals surface area contributed by atoms with Crippen molar-refractivity contribution >= 4 is 29.9 Å². The molecule has 0 aromatic carbocycles. The molecule has 0 aliphatic rings. The molecule has 0 spiro atoms. The van der Waals surface area contributed by atoms with Crippen LogP contribution in [0.2, 0.25) is 0 Å². The van der Waals surface area contributed by atoms with Gasteiger partial charge in [-0.3, -0.25) is 4.99 Å². The Balaban J connectivity index is 0.00000576. The van der Waals surface area contributed by atoms with Crippen molar-refractivity contribution in [3.05, 3.63) is 11.7 Å². The van der Waals surface area contributed by atoms with Crippen molar-refractivity contribution in [1.29, 1.82) is 0 Å². The second-order valence-electron chi connectivity index (χ2n) is 5.96. The minimum atomic E-state index is 0. The summed E-state index contributed by atoms with van der Waals surface area (Å²) in [6.45, 7) is 15.4. The smallest absolute Gasteiger partial charge is 0.228 e. The summed E-state index contributed by atoms with van der Waals surface area (Å²) in [5, 5.41) is 10.6. The molecule has 2 N–H and O–H groups in total. The number of guanidine groups is 1. The maximum absolute atomic E-state index is 5.11. The van der Waals surface area contributed by atoms with Crippen molar-refractivity contribution < 1.29 is 4.52 Å². The summed E-state index contributed by atoms with van der Waals surface area (Å²) in [5.74, 6) is 2.16. The van der Waals surface area contributed by atoms with Gasteiger partial charge in [0.25, 0.3) is 0 Å². The predicted molar refractivity (Wildman–Crippen MR) is 114 cm³/mol. The lowest BCUT2D eigenvalue weighted by Gasteiger charge is -2.21. The fourth-order valence-electron chi connectivity index (χ4n) is 2.49. The maximum Gasteiger partial charge on any atom is 0.228 e. The Morgan fingerprint density at radius 3 is 2.56 bits per heavy atom. The third kappa shape index (κ3) is 10.6. The van der Waals surface area contributed by atoms with E-state index in [1.807, 2.05) is 6.92 Å². The number of aryl methyl sites for hydroxylation is 1. The van der Waals surface area contributed by atoms with E-state index in [9.17, 15) is 0 Å². The summed E-state index contributed by atoms with van der Waals surface area (Å²) in [6, 6.07) is 0.393. The van der Waals surface area contributed by atoms with Gasteiger partial charge in [-0.05, 0) is 53.2 Å². The second-order valence-corrected chi connectivity index (χ2v) is 5.96. The van der Waals surface area contributed by atoms with E-state index in [2.05, 4.69) is 58.4 Å². The van der Waals surface area contributed by atoms with Crippen LogP contribution in [0.3, 0.4) is 0 Å². The average Bonchev–Trinajstić information content (AvgIpc) is 2.97. The number of halogens is 1. The number of nitrogens with zero attached hydrogens (tertiary/aromatic N) is 4. The molecule has 1 aromatic heterocycles. The Morgan fingerprint density at radius 2 is 2.00 bits per heavy atom. The van der Waals surface area contributed by atoms with Crippen LogP contribution >= 0.6 is 24.0 Å². The quantitative estimate of drug-likeness (QED) is 0.297. The van der Waals surface area contributed by atoms with E-state index in [1.54, 1.807) is 0 Å². The highest BCUT2D eigenvalue weighted by Crippen LogP contribution is 2.00. The lowest BCUT2D eigenvalue weighted by atomic mass is 10.2. The van der Waals surface area contributed by atoms with Crippen LogP contribution in [0.15, 0.2) is 9.52 Å². The molecule has 1 heterocycles. The third-order valence-corrected chi connectivity index (χ3v) is 3.90. The highest BCUT2D eigenvalue weighted by Gasteiger charge is 2.07. The summed E-state index contributed by atoms with van der Waals surface area (Å²) < 4.78 is 5.11. The van der Waals surface area contributed by atoms with Gasteiger partial charge in [-0.2, -0.15) is 4.98 Å². The van der Waals surface area contributed by atoms with E-state index < -0.39 is 0 Å². The van der Waals surface area contributed by atoms with Crippen molar-refractivity contribution in [2.45, 2.75) is 59.9 Å². The minimum absolute atomic E-state index is 0. The molecule has 8 heteroatoms. The molecular formula is C17H35IN6O. The average molecular weight is 466 g/mol. The van der Waals surface area contributed by atoms with Gasteiger partial charge in [0.15, 0.2) is 11.8 Å². The van der Waals surface area contributed by atoms with Crippen LogP contribution in [0.25, 0.3) is 0 Å². The van der Waals surface area contributed by atoms with E-state index in [4.69, 9.17) is 4.52 Å². The normalized spacial score (nSPS) is 12.8. The molecule has 1 atom stereocenters. The molecular weight excluding hydrogens is 431 g/mol. The van der Waals surface area contributed by atoms with Crippen LogP contribution in [0.1, 0.15) is 52.3 Å². The van der Waals surface area contributed by atoms with Gasteiger partial charge in [-0.25, -0.2) is 0 Å². The Kier molecular flexibility index (Phi) is 13.8. The molecule has 1 aromatic rings. The van der Waals surface area contributed by atoms with Gasteiger partial charge >= 0.3 is 0 Å². The predicted octanol–water partition coefficient (Wildman–Crippen LogP) is 2.60. The lowest BCUT2D eigenvalue weighted by molar-refractivity contribution is 0.292. The zero-order valence-corrected chi connectivity index (χ0v) is 18.7. The number of aliphatic imine (C=N–C) groups is 1. The molecule has 0 saturated heterocycles. The first-order valence-electron chi connectivity index (χ1n) is 9.15. The first-order chi connectivity index (χ1) is 11.6. The minimum Gasteiger partial charge on any atom is -0.357 e. The third-order valence-electron chi connectivity index (χ3n) is 3.90. The van der Waals surface area contributed by atoms with Gasteiger partial charge in [-0.1, -0.05) is 19.0 Å². The largest absolute Gasteiger partial charge is 0.357 e. The fraction of sp³-hybridized carbons (Fsp3) is 0.824. The molecule has 1 rings (SSSR count). The summed E-state index contributed by atoms with van der Waals surface area (Å²) >= 11 is 0. The zero-order chi connectivity index (χ0) is 17.8. The van der Waals surface area contributed by atoms with Gasteiger partial charge in [0.05, 0.1) is 6.54 Å². The summed E-state index contributed by atoms with van der Waals surface area (Å²) in [6.07, 6.45) is 2.98. The van der Waals surface area contributed by atoms with Crippen molar-refractivity contribution in [1.82, 2.24) is 25.7 Å². The van der Waals surface area contributed by atoms with Crippen molar-refractivity contribution in [2.24, 2.45) is 4.99 Å². The Morgan fingerprint density at radius 1 is 1.28 bits per heavy atom. The monoisotopic (exact) mass is 466 g/mol. The maximum atomic E-state index is 5.11. The molecule has 0 fully saturated rings. The van der Waals surface area contributed by atoms with Crippen LogP contribution in [0, 0.1) is 6.92 Å². The highest BCUT2D eigenvalue weighted by atomic mass is 127. The molecule has 25 heavy (non-hydrogen) atoms. The van der Waals surface area contributed by atoms with E-state index in [0.717, 1.165) is 38.6 Å².